The molecule has 0 saturated carbocycles. The SMILES string of the molecule is O=C(O)CO[C@H]1[C@@H](O)[C@@H](CO)O[C@@H](O[C@@H]2O[C@@H](CO)[C@H](O)[C@@H](O)[C@H]2O)[C@@H]1O. The number of aliphatic hydroxyl groups is 7. The van der Waals surface area contributed by atoms with E-state index in [-0.39, 0.29) is 0 Å². The molecule has 13 nitrogen and oxygen atoms in total. The van der Waals surface area contributed by atoms with Crippen LogP contribution in [0.5, 0.6) is 0 Å². The van der Waals surface area contributed by atoms with E-state index in [2.05, 4.69) is 0 Å². The zero-order valence-electron chi connectivity index (χ0n) is 14.0. The van der Waals surface area contributed by atoms with E-state index in [1.807, 2.05) is 0 Å². The monoisotopic (exact) mass is 400 g/mol. The standard InChI is InChI=1S/C14H24O13/c15-1-4-7(19)9(21)10(22)13(25-4)27-14-11(23)12(24-3-6(17)18)8(20)5(2-16)26-14/h4-5,7-16,19-23H,1-3H2,(H,17,18)/t4-,5+,7-,8-,9+,10+,11+,12-,13-,14-/m0/s1. The van der Waals surface area contributed by atoms with Gasteiger partial charge in [-0.2, -0.15) is 0 Å². The predicted molar refractivity (Wildman–Crippen MR) is 80.0 cm³/mol. The number of hydrogen-bond acceptors (Lipinski definition) is 12. The molecule has 2 aliphatic heterocycles. The minimum atomic E-state index is -1.78. The highest BCUT2D eigenvalue weighted by molar-refractivity contribution is 5.68. The van der Waals surface area contributed by atoms with E-state index in [9.17, 15) is 35.4 Å². The largest absolute Gasteiger partial charge is 0.480 e. The lowest BCUT2D eigenvalue weighted by Gasteiger charge is -2.45. The molecule has 0 spiro atoms. The van der Waals surface area contributed by atoms with Gasteiger partial charge in [0.2, 0.25) is 0 Å². The molecule has 8 N–H and O–H groups in total. The van der Waals surface area contributed by atoms with Crippen LogP contribution < -0.4 is 0 Å². The first-order chi connectivity index (χ1) is 12.7. The molecule has 0 aromatic carbocycles. The molecule has 0 unspecified atom stereocenters. The highest BCUT2D eigenvalue weighted by Gasteiger charge is 2.50. The molecule has 0 amide bonds. The van der Waals surface area contributed by atoms with Gasteiger partial charge in [-0.25, -0.2) is 4.79 Å². The van der Waals surface area contributed by atoms with Crippen LogP contribution in [0.15, 0.2) is 0 Å². The second-order valence-corrected chi connectivity index (χ2v) is 6.21. The molecule has 158 valence electrons. The Morgan fingerprint density at radius 2 is 1.30 bits per heavy atom. The molecular weight excluding hydrogens is 376 g/mol. The summed E-state index contributed by atoms with van der Waals surface area (Å²) in [5.74, 6) is -1.37. The fourth-order valence-electron chi connectivity index (χ4n) is 2.84. The van der Waals surface area contributed by atoms with Crippen molar-refractivity contribution in [2.24, 2.45) is 0 Å². The molecule has 2 saturated heterocycles. The van der Waals surface area contributed by atoms with Crippen LogP contribution >= 0.6 is 0 Å². The summed E-state index contributed by atoms with van der Waals surface area (Å²) in [5, 5.41) is 76.9. The Morgan fingerprint density at radius 1 is 0.778 bits per heavy atom. The lowest BCUT2D eigenvalue weighted by atomic mass is 9.98. The van der Waals surface area contributed by atoms with E-state index >= 15 is 0 Å². The summed E-state index contributed by atoms with van der Waals surface area (Å²) < 4.78 is 20.5. The Bertz CT molecular complexity index is 488. The Balaban J connectivity index is 2.12. The van der Waals surface area contributed by atoms with Crippen LogP contribution in [0.25, 0.3) is 0 Å². The van der Waals surface area contributed by atoms with Gasteiger partial charge in [-0.1, -0.05) is 0 Å². The van der Waals surface area contributed by atoms with Gasteiger partial charge >= 0.3 is 5.97 Å². The number of hydrogen-bond donors (Lipinski definition) is 8. The van der Waals surface area contributed by atoms with Crippen LogP contribution in [-0.4, -0.2) is 128 Å². The number of ether oxygens (including phenoxy) is 4. The highest BCUT2D eigenvalue weighted by Crippen LogP contribution is 2.29. The Morgan fingerprint density at radius 3 is 1.81 bits per heavy atom. The van der Waals surface area contributed by atoms with Crippen LogP contribution in [0.1, 0.15) is 0 Å². The molecule has 0 aromatic rings. The zero-order chi connectivity index (χ0) is 20.3. The number of aliphatic hydroxyl groups excluding tert-OH is 7. The van der Waals surface area contributed by atoms with Crippen LogP contribution in [0, 0.1) is 0 Å². The second kappa shape index (κ2) is 9.49. The number of carboxylic acids is 1. The minimum absolute atomic E-state index is 0.707. The van der Waals surface area contributed by atoms with Crippen LogP contribution in [0.3, 0.4) is 0 Å². The van der Waals surface area contributed by atoms with E-state index in [1.54, 1.807) is 0 Å². The Hall–Kier alpha value is -0.970. The normalized spacial score (nSPS) is 45.6. The van der Waals surface area contributed by atoms with Gasteiger partial charge in [-0.15, -0.1) is 0 Å². The summed E-state index contributed by atoms with van der Waals surface area (Å²) in [7, 11) is 0. The quantitative estimate of drug-likeness (QED) is 0.201. The molecule has 0 radical (unpaired) electrons. The van der Waals surface area contributed by atoms with Crippen molar-refractivity contribution in [2.75, 3.05) is 19.8 Å². The molecule has 2 fully saturated rings. The first-order valence-electron chi connectivity index (χ1n) is 8.13. The van der Waals surface area contributed by atoms with Gasteiger partial charge in [0.15, 0.2) is 12.6 Å². The smallest absolute Gasteiger partial charge is 0.329 e. The Labute approximate surface area is 152 Å². The summed E-state index contributed by atoms with van der Waals surface area (Å²) in [6.45, 7) is -2.29. The average molecular weight is 400 g/mol. The van der Waals surface area contributed by atoms with Gasteiger partial charge in [-0.3, -0.25) is 0 Å². The van der Waals surface area contributed by atoms with Crippen molar-refractivity contribution in [3.05, 3.63) is 0 Å². The van der Waals surface area contributed by atoms with Gasteiger partial charge in [0.1, 0.15) is 55.4 Å². The van der Waals surface area contributed by atoms with Gasteiger partial charge in [0, 0.05) is 0 Å². The van der Waals surface area contributed by atoms with Gasteiger partial charge in [-0.05, 0) is 0 Å². The maximum absolute atomic E-state index is 10.7. The lowest BCUT2D eigenvalue weighted by Crippen LogP contribution is -2.64. The van der Waals surface area contributed by atoms with Crippen LogP contribution in [-0.2, 0) is 23.7 Å². The maximum Gasteiger partial charge on any atom is 0.329 e. The molecule has 0 bridgehead atoms. The van der Waals surface area contributed by atoms with Gasteiger partial charge < -0.3 is 59.8 Å². The molecule has 2 rings (SSSR count). The number of carbonyl (C=O) groups is 1. The molecule has 10 atom stereocenters. The third kappa shape index (κ3) is 4.90. The topological polar surface area (TPSA) is 216 Å². The van der Waals surface area contributed by atoms with E-state index in [0.717, 1.165) is 0 Å². The lowest BCUT2D eigenvalue weighted by molar-refractivity contribution is -0.378. The summed E-state index contributed by atoms with van der Waals surface area (Å²) in [4.78, 5) is 10.7. The summed E-state index contributed by atoms with van der Waals surface area (Å²) in [6.07, 6.45) is -15.9. The van der Waals surface area contributed by atoms with Crippen molar-refractivity contribution in [2.45, 2.75) is 61.4 Å². The molecular formula is C14H24O13. The number of aliphatic carboxylic acids is 1. The maximum atomic E-state index is 10.7. The van der Waals surface area contributed by atoms with E-state index in [1.165, 1.54) is 0 Å². The summed E-state index contributed by atoms with van der Waals surface area (Å²) >= 11 is 0. The van der Waals surface area contributed by atoms with E-state index < -0.39 is 87.2 Å². The number of carboxylic acid groups (broad SMARTS) is 1. The molecule has 13 heteroatoms. The van der Waals surface area contributed by atoms with E-state index in [4.69, 9.17) is 29.2 Å². The van der Waals surface area contributed by atoms with Gasteiger partial charge in [0.05, 0.1) is 13.2 Å². The van der Waals surface area contributed by atoms with Crippen molar-refractivity contribution >= 4 is 5.97 Å². The number of rotatable bonds is 7. The first-order valence-corrected chi connectivity index (χ1v) is 8.13. The fraction of sp³-hybridized carbons (Fsp3) is 0.929. The minimum Gasteiger partial charge on any atom is -0.480 e. The predicted octanol–water partition coefficient (Wildman–Crippen LogP) is -5.29. The average Bonchev–Trinajstić information content (AvgIpc) is 2.63. The highest BCUT2D eigenvalue weighted by atomic mass is 16.8. The molecule has 0 aliphatic carbocycles. The van der Waals surface area contributed by atoms with E-state index in [0.29, 0.717) is 0 Å². The molecule has 0 aromatic heterocycles. The molecule has 2 heterocycles. The van der Waals surface area contributed by atoms with Crippen LogP contribution in [0.4, 0.5) is 0 Å². The second-order valence-electron chi connectivity index (χ2n) is 6.21. The van der Waals surface area contributed by atoms with Crippen molar-refractivity contribution < 1.29 is 64.6 Å². The van der Waals surface area contributed by atoms with Crippen molar-refractivity contribution in [3.63, 3.8) is 0 Å². The first kappa shape index (κ1) is 22.3. The van der Waals surface area contributed by atoms with Crippen molar-refractivity contribution in [3.8, 4) is 0 Å². The zero-order valence-corrected chi connectivity index (χ0v) is 14.0. The third-order valence-corrected chi connectivity index (χ3v) is 4.34. The Kier molecular flexibility index (Phi) is 7.84. The van der Waals surface area contributed by atoms with Gasteiger partial charge in [0.25, 0.3) is 0 Å². The molecule has 27 heavy (non-hydrogen) atoms. The van der Waals surface area contributed by atoms with Crippen LogP contribution in [0.2, 0.25) is 0 Å². The fourth-order valence-corrected chi connectivity index (χ4v) is 2.84. The summed E-state index contributed by atoms with van der Waals surface area (Å²) in [5.41, 5.74) is 0. The third-order valence-electron chi connectivity index (χ3n) is 4.34. The van der Waals surface area contributed by atoms with Crippen molar-refractivity contribution in [1.82, 2.24) is 0 Å². The molecule has 2 aliphatic rings. The van der Waals surface area contributed by atoms with Crippen molar-refractivity contribution in [1.29, 1.82) is 0 Å². The summed E-state index contributed by atoms with van der Waals surface area (Å²) in [6, 6.07) is 0.